The van der Waals surface area contributed by atoms with Gasteiger partial charge in [0.15, 0.2) is 11.4 Å². The zero-order chi connectivity index (χ0) is 24.3. The maximum atomic E-state index is 12.2. The molecule has 0 heterocycles. The molecule has 0 aromatic heterocycles. The van der Waals surface area contributed by atoms with Gasteiger partial charge in [-0.1, -0.05) is 83.1 Å². The summed E-state index contributed by atoms with van der Waals surface area (Å²) in [5.74, 6) is -0.00426. The fraction of sp³-hybridized carbons (Fsp3) is 0.519. The van der Waals surface area contributed by atoms with Gasteiger partial charge in [0.05, 0.1) is 12.3 Å². The van der Waals surface area contributed by atoms with Crippen LogP contribution in [0.1, 0.15) is 83.8 Å². The van der Waals surface area contributed by atoms with E-state index >= 15 is 0 Å². The van der Waals surface area contributed by atoms with E-state index in [9.17, 15) is 9.90 Å². The fourth-order valence-electron chi connectivity index (χ4n) is 3.65. The highest BCUT2D eigenvalue weighted by molar-refractivity contribution is 6.49. The monoisotopic (exact) mass is 454 g/mol. The Morgan fingerprint density at radius 2 is 1.79 bits per heavy atom. The normalized spacial score (nSPS) is 14.8. The SMILES string of the molecule is CCCCCCCCOC(=O)CCc1cc([NH2+]N=C2C=CC=CC2=N)c(O)c(C(C)(C)C)c1. The molecule has 0 radical (unpaired) electrons. The third-order valence-corrected chi connectivity index (χ3v) is 5.63. The molecule has 6 heteroatoms. The van der Waals surface area contributed by atoms with E-state index in [2.05, 4.69) is 12.0 Å². The van der Waals surface area contributed by atoms with Gasteiger partial charge < -0.3 is 9.84 Å². The summed E-state index contributed by atoms with van der Waals surface area (Å²) in [4.78, 5) is 12.2. The number of aryl methyl sites for hydroxylation is 1. The predicted molar refractivity (Wildman–Crippen MR) is 134 cm³/mol. The number of nitrogens with one attached hydrogen (secondary N) is 1. The highest BCUT2D eigenvalue weighted by Gasteiger charge is 2.24. The molecule has 4 N–H and O–H groups in total. The van der Waals surface area contributed by atoms with Crippen molar-refractivity contribution in [3.05, 3.63) is 47.6 Å². The van der Waals surface area contributed by atoms with Crippen molar-refractivity contribution < 1.29 is 20.1 Å². The van der Waals surface area contributed by atoms with Crippen molar-refractivity contribution in [3.8, 4) is 5.75 Å². The van der Waals surface area contributed by atoms with E-state index in [0.29, 0.717) is 36.6 Å². The number of carbonyl (C=O) groups is 1. The van der Waals surface area contributed by atoms with Crippen LogP contribution in [0.25, 0.3) is 0 Å². The van der Waals surface area contributed by atoms with E-state index in [4.69, 9.17) is 10.1 Å². The first kappa shape index (κ1) is 26.5. The molecule has 0 aliphatic heterocycles. The summed E-state index contributed by atoms with van der Waals surface area (Å²) in [6, 6.07) is 3.83. The van der Waals surface area contributed by atoms with Gasteiger partial charge in [-0.15, -0.1) is 0 Å². The van der Waals surface area contributed by atoms with Gasteiger partial charge >= 0.3 is 5.97 Å². The van der Waals surface area contributed by atoms with Crippen molar-refractivity contribution in [2.24, 2.45) is 5.10 Å². The predicted octanol–water partition coefficient (Wildman–Crippen LogP) is 5.22. The van der Waals surface area contributed by atoms with Crippen molar-refractivity contribution in [1.82, 2.24) is 0 Å². The quantitative estimate of drug-likeness (QED) is 0.0767. The number of phenols is 1. The summed E-state index contributed by atoms with van der Waals surface area (Å²) < 4.78 is 5.40. The average Bonchev–Trinajstić information content (AvgIpc) is 2.77. The summed E-state index contributed by atoms with van der Waals surface area (Å²) in [6.07, 6.45) is 14.9. The minimum Gasteiger partial charge on any atom is -0.502 e. The van der Waals surface area contributed by atoms with Crippen LogP contribution in [0.3, 0.4) is 0 Å². The van der Waals surface area contributed by atoms with Gasteiger partial charge in [0, 0.05) is 18.1 Å². The zero-order valence-corrected chi connectivity index (χ0v) is 20.6. The van der Waals surface area contributed by atoms with Crippen LogP contribution in [0.5, 0.6) is 5.75 Å². The number of allylic oxidation sites excluding steroid dienone is 4. The van der Waals surface area contributed by atoms with E-state index in [1.807, 2.05) is 39.0 Å². The van der Waals surface area contributed by atoms with Gasteiger partial charge in [-0.3, -0.25) is 10.2 Å². The van der Waals surface area contributed by atoms with E-state index < -0.39 is 0 Å². The maximum Gasteiger partial charge on any atom is 0.306 e. The van der Waals surface area contributed by atoms with Gasteiger partial charge in [0.25, 0.3) is 0 Å². The number of ether oxygens (including phenoxy) is 1. The third kappa shape index (κ3) is 8.97. The molecule has 0 amide bonds. The summed E-state index contributed by atoms with van der Waals surface area (Å²) >= 11 is 0. The van der Waals surface area contributed by atoms with Gasteiger partial charge in [-0.2, -0.15) is 5.43 Å². The number of nitrogens with zero attached hydrogens (tertiary/aromatic N) is 1. The zero-order valence-electron chi connectivity index (χ0n) is 20.6. The van der Waals surface area contributed by atoms with Crippen LogP contribution in [-0.4, -0.2) is 29.1 Å². The van der Waals surface area contributed by atoms with Crippen LogP contribution in [0.4, 0.5) is 5.69 Å². The molecule has 1 aliphatic carbocycles. The van der Waals surface area contributed by atoms with Crippen LogP contribution in [0.15, 0.2) is 41.5 Å². The first-order valence-electron chi connectivity index (χ1n) is 12.1. The molecular weight excluding hydrogens is 414 g/mol. The van der Waals surface area contributed by atoms with Gasteiger partial charge in [0.2, 0.25) is 0 Å². The lowest BCUT2D eigenvalue weighted by Gasteiger charge is -2.22. The van der Waals surface area contributed by atoms with E-state index in [1.165, 1.54) is 25.7 Å². The summed E-state index contributed by atoms with van der Waals surface area (Å²) in [6.45, 7) is 8.81. The minimum atomic E-state index is -0.270. The largest absolute Gasteiger partial charge is 0.502 e. The molecule has 0 fully saturated rings. The number of quaternary nitrogens is 1. The lowest BCUT2D eigenvalue weighted by Crippen LogP contribution is -2.72. The Labute approximate surface area is 198 Å². The Balaban J connectivity index is 2.00. The number of hydrogen-bond donors (Lipinski definition) is 3. The molecule has 33 heavy (non-hydrogen) atoms. The highest BCUT2D eigenvalue weighted by Crippen LogP contribution is 2.35. The number of aromatic hydroxyl groups is 1. The van der Waals surface area contributed by atoms with Crippen LogP contribution >= 0.6 is 0 Å². The Morgan fingerprint density at radius 1 is 1.09 bits per heavy atom. The van der Waals surface area contributed by atoms with Gasteiger partial charge in [-0.05, 0) is 36.0 Å². The third-order valence-electron chi connectivity index (χ3n) is 5.63. The van der Waals surface area contributed by atoms with Crippen molar-refractivity contribution in [1.29, 1.82) is 5.41 Å². The number of hydrogen-bond acceptors (Lipinski definition) is 5. The van der Waals surface area contributed by atoms with Crippen LogP contribution < -0.4 is 5.43 Å². The number of nitrogens with two attached hydrogens (primary N) is 1. The first-order chi connectivity index (χ1) is 15.7. The van der Waals surface area contributed by atoms with Crippen molar-refractivity contribution in [2.45, 2.75) is 84.5 Å². The molecular formula is C27H40N3O3+. The molecule has 0 atom stereocenters. The smallest absolute Gasteiger partial charge is 0.306 e. The topological polar surface area (TPSA) is 99.4 Å². The summed E-state index contributed by atoms with van der Waals surface area (Å²) in [7, 11) is 0. The lowest BCUT2D eigenvalue weighted by atomic mass is 9.84. The second-order valence-electron chi connectivity index (χ2n) is 9.59. The Bertz CT molecular complexity index is 908. The number of esters is 1. The average molecular weight is 455 g/mol. The first-order valence-corrected chi connectivity index (χ1v) is 12.1. The maximum absolute atomic E-state index is 12.2. The second kappa shape index (κ2) is 13.1. The second-order valence-corrected chi connectivity index (χ2v) is 9.59. The molecule has 2 rings (SSSR count). The molecule has 180 valence electrons. The molecule has 1 aromatic carbocycles. The highest BCUT2D eigenvalue weighted by atomic mass is 16.5. The molecule has 0 saturated carbocycles. The molecule has 1 aliphatic rings. The van der Waals surface area contributed by atoms with Gasteiger partial charge in [-0.25, -0.2) is 0 Å². The number of phenolic OH excluding ortho intramolecular Hbond substituents is 1. The Hall–Kier alpha value is -2.73. The van der Waals surface area contributed by atoms with Crippen LogP contribution in [0.2, 0.25) is 0 Å². The van der Waals surface area contributed by atoms with Crippen molar-refractivity contribution >= 4 is 23.1 Å². The Morgan fingerprint density at radius 3 is 2.48 bits per heavy atom. The van der Waals surface area contributed by atoms with E-state index in [1.54, 1.807) is 23.7 Å². The molecule has 1 aromatic rings. The molecule has 0 bridgehead atoms. The standard InChI is InChI=1S/C27H39N3O3/c1-5-6-7-8-9-12-17-33-25(31)16-15-20-18-21(27(2,3)4)26(32)24(19-20)30-29-23-14-11-10-13-22(23)28/h10-11,13-14,18-19,28,30,32H,5-9,12,15-17H2,1-4H3/p+1. The summed E-state index contributed by atoms with van der Waals surface area (Å²) in [5, 5.41) is 23.2. The Kier molecular flexibility index (Phi) is 10.5. The molecule has 0 spiro atoms. The van der Waals surface area contributed by atoms with Crippen molar-refractivity contribution in [3.63, 3.8) is 0 Å². The number of carbonyl (C=O) groups excluding carboxylic acids is 1. The lowest BCUT2D eigenvalue weighted by molar-refractivity contribution is -0.577. The van der Waals surface area contributed by atoms with E-state index in [-0.39, 0.29) is 17.1 Å². The van der Waals surface area contributed by atoms with E-state index in [0.717, 1.165) is 24.0 Å². The summed E-state index contributed by atoms with van der Waals surface area (Å²) in [5.41, 5.74) is 4.54. The number of rotatable bonds is 12. The van der Waals surface area contributed by atoms with Crippen molar-refractivity contribution in [2.75, 3.05) is 6.61 Å². The number of unbranched alkanes of at least 4 members (excludes halogenated alkanes) is 5. The van der Waals surface area contributed by atoms with Crippen LogP contribution in [-0.2, 0) is 21.4 Å². The number of benzene rings is 1. The molecule has 0 saturated heterocycles. The minimum absolute atomic E-state index is 0.183. The van der Waals surface area contributed by atoms with Crippen LogP contribution in [0, 0.1) is 5.41 Å². The molecule has 0 unspecified atom stereocenters. The van der Waals surface area contributed by atoms with Gasteiger partial charge in [0.1, 0.15) is 5.71 Å². The molecule has 6 nitrogen and oxygen atoms in total. The fourth-order valence-corrected chi connectivity index (χ4v) is 3.65.